The smallest absolute Gasteiger partial charge is 0.138 e. The third-order valence-corrected chi connectivity index (χ3v) is 3.29. The highest BCUT2D eigenvalue weighted by Gasteiger charge is 2.34. The van der Waals surface area contributed by atoms with E-state index >= 15 is 0 Å². The Labute approximate surface area is 108 Å². The van der Waals surface area contributed by atoms with E-state index in [4.69, 9.17) is 4.74 Å². The lowest BCUT2D eigenvalue weighted by Gasteiger charge is -2.30. The minimum absolute atomic E-state index is 0.417. The van der Waals surface area contributed by atoms with Crippen LogP contribution >= 0.6 is 0 Å². The second-order valence-corrected chi connectivity index (χ2v) is 5.48. The van der Waals surface area contributed by atoms with Gasteiger partial charge in [0.05, 0.1) is 18.1 Å². The molecule has 1 saturated heterocycles. The Morgan fingerprint density at radius 1 is 1.61 bits per heavy atom. The second kappa shape index (κ2) is 5.49. The van der Waals surface area contributed by atoms with E-state index in [1.54, 1.807) is 6.33 Å². The van der Waals surface area contributed by atoms with Gasteiger partial charge < -0.3 is 4.74 Å². The molecule has 0 aromatic carbocycles. The normalized spacial score (nSPS) is 24.1. The lowest BCUT2D eigenvalue weighted by atomic mass is 9.81. The quantitative estimate of drug-likeness (QED) is 0.815. The Balaban J connectivity index is 2.12. The number of nitriles is 1. The van der Waals surface area contributed by atoms with E-state index in [9.17, 15) is 5.26 Å². The van der Waals surface area contributed by atoms with Gasteiger partial charge in [-0.2, -0.15) is 10.4 Å². The summed E-state index contributed by atoms with van der Waals surface area (Å²) in [5, 5.41) is 13.7. The third-order valence-electron chi connectivity index (χ3n) is 3.29. The summed E-state index contributed by atoms with van der Waals surface area (Å²) < 4.78 is 7.38. The number of hydrogen-bond acceptors (Lipinski definition) is 4. The predicted octanol–water partition coefficient (Wildman–Crippen LogP) is 1.80. The highest BCUT2D eigenvalue weighted by molar-refractivity contribution is 5.06. The maximum Gasteiger partial charge on any atom is 0.138 e. The van der Waals surface area contributed by atoms with Gasteiger partial charge in [0.1, 0.15) is 12.2 Å². The van der Waals surface area contributed by atoms with E-state index in [1.165, 1.54) is 0 Å². The van der Waals surface area contributed by atoms with Crippen molar-refractivity contribution in [2.45, 2.75) is 39.7 Å². The van der Waals surface area contributed by atoms with Crippen molar-refractivity contribution in [3.63, 3.8) is 0 Å². The van der Waals surface area contributed by atoms with Crippen LogP contribution in [0.5, 0.6) is 0 Å². The summed E-state index contributed by atoms with van der Waals surface area (Å²) in [6.45, 7) is 6.42. The molecule has 1 aromatic heterocycles. The highest BCUT2D eigenvalue weighted by atomic mass is 16.5. The van der Waals surface area contributed by atoms with E-state index in [2.05, 4.69) is 30.0 Å². The monoisotopic (exact) mass is 248 g/mol. The van der Waals surface area contributed by atoms with Gasteiger partial charge in [-0.25, -0.2) is 9.67 Å². The molecule has 98 valence electrons. The molecule has 0 saturated carbocycles. The molecule has 5 nitrogen and oxygen atoms in total. The van der Waals surface area contributed by atoms with Crippen LogP contribution in [0, 0.1) is 22.7 Å². The van der Waals surface area contributed by atoms with Crippen LogP contribution in [-0.2, 0) is 17.7 Å². The van der Waals surface area contributed by atoms with Crippen molar-refractivity contribution in [1.29, 1.82) is 5.26 Å². The summed E-state index contributed by atoms with van der Waals surface area (Å²) in [5.41, 5.74) is -0.417. The Bertz CT molecular complexity index is 426. The van der Waals surface area contributed by atoms with Crippen molar-refractivity contribution in [1.82, 2.24) is 14.8 Å². The molecule has 2 heterocycles. The third kappa shape index (κ3) is 2.88. The van der Waals surface area contributed by atoms with Crippen molar-refractivity contribution in [2.24, 2.45) is 11.3 Å². The van der Waals surface area contributed by atoms with Crippen molar-refractivity contribution in [3.05, 3.63) is 12.2 Å². The molecule has 0 amide bonds. The zero-order valence-corrected chi connectivity index (χ0v) is 11.1. The van der Waals surface area contributed by atoms with Gasteiger partial charge in [0.2, 0.25) is 0 Å². The molecule has 1 unspecified atom stereocenters. The molecule has 0 N–H and O–H groups in total. The molecule has 2 rings (SSSR count). The minimum Gasteiger partial charge on any atom is -0.380 e. The first-order valence-corrected chi connectivity index (χ1v) is 6.51. The van der Waals surface area contributed by atoms with E-state index in [1.807, 2.05) is 4.68 Å². The first-order valence-electron chi connectivity index (χ1n) is 6.51. The zero-order valence-electron chi connectivity index (χ0n) is 11.1. The molecule has 1 aliphatic rings. The summed E-state index contributed by atoms with van der Waals surface area (Å²) in [6.07, 6.45) is 4.05. The first-order chi connectivity index (χ1) is 8.65. The fourth-order valence-corrected chi connectivity index (χ4v) is 2.35. The van der Waals surface area contributed by atoms with Gasteiger partial charge >= 0.3 is 0 Å². The van der Waals surface area contributed by atoms with Crippen molar-refractivity contribution in [2.75, 3.05) is 13.2 Å². The van der Waals surface area contributed by atoms with Crippen LogP contribution < -0.4 is 0 Å². The second-order valence-electron chi connectivity index (χ2n) is 5.48. The molecule has 0 aliphatic carbocycles. The zero-order chi connectivity index (χ0) is 13.0. The van der Waals surface area contributed by atoms with Crippen LogP contribution in [0.3, 0.4) is 0 Å². The van der Waals surface area contributed by atoms with Gasteiger partial charge in [-0.1, -0.05) is 13.8 Å². The lowest BCUT2D eigenvalue weighted by molar-refractivity contribution is 0.0209. The van der Waals surface area contributed by atoms with Crippen molar-refractivity contribution >= 4 is 0 Å². The molecular weight excluding hydrogens is 228 g/mol. The van der Waals surface area contributed by atoms with Gasteiger partial charge in [0.15, 0.2) is 0 Å². The predicted molar refractivity (Wildman–Crippen MR) is 66.7 cm³/mol. The van der Waals surface area contributed by atoms with Crippen LogP contribution in [0.4, 0.5) is 0 Å². The maximum absolute atomic E-state index is 9.43. The van der Waals surface area contributed by atoms with Crippen molar-refractivity contribution < 1.29 is 4.74 Å². The van der Waals surface area contributed by atoms with Gasteiger partial charge in [0.25, 0.3) is 0 Å². The molecule has 5 heteroatoms. The van der Waals surface area contributed by atoms with Crippen LogP contribution in [-0.4, -0.2) is 28.0 Å². The van der Waals surface area contributed by atoms with Crippen LogP contribution in [0.15, 0.2) is 6.33 Å². The van der Waals surface area contributed by atoms with Crippen LogP contribution in [0.25, 0.3) is 0 Å². The van der Waals surface area contributed by atoms with E-state index in [0.29, 0.717) is 18.9 Å². The van der Waals surface area contributed by atoms with E-state index < -0.39 is 5.41 Å². The molecule has 18 heavy (non-hydrogen) atoms. The largest absolute Gasteiger partial charge is 0.380 e. The van der Waals surface area contributed by atoms with Gasteiger partial charge in [-0.05, 0) is 18.8 Å². The SMILES string of the molecule is CC(C)Cn1ncnc1CC1(C#N)CCCOC1. The first kappa shape index (κ1) is 13.0. The van der Waals surface area contributed by atoms with E-state index in [0.717, 1.165) is 31.8 Å². The van der Waals surface area contributed by atoms with Crippen LogP contribution in [0.1, 0.15) is 32.5 Å². The Morgan fingerprint density at radius 3 is 3.06 bits per heavy atom. The standard InChI is InChI=1S/C13H20N4O/c1-11(2)7-17-12(15-10-16-17)6-13(8-14)4-3-5-18-9-13/h10-11H,3-7,9H2,1-2H3. The topological polar surface area (TPSA) is 63.7 Å². The average molecular weight is 248 g/mol. The summed E-state index contributed by atoms with van der Waals surface area (Å²) in [7, 11) is 0. The summed E-state index contributed by atoms with van der Waals surface area (Å²) in [5.74, 6) is 1.42. The fraction of sp³-hybridized carbons (Fsp3) is 0.769. The van der Waals surface area contributed by atoms with Gasteiger partial charge in [-0.3, -0.25) is 0 Å². The average Bonchev–Trinajstić information content (AvgIpc) is 2.77. The number of aromatic nitrogens is 3. The summed E-state index contributed by atoms with van der Waals surface area (Å²) in [4.78, 5) is 4.30. The Hall–Kier alpha value is -1.41. The fourth-order valence-electron chi connectivity index (χ4n) is 2.35. The molecule has 1 atom stereocenters. The Morgan fingerprint density at radius 2 is 2.44 bits per heavy atom. The molecule has 0 radical (unpaired) electrons. The summed E-state index contributed by atoms with van der Waals surface area (Å²) >= 11 is 0. The molecule has 0 spiro atoms. The molecule has 0 bridgehead atoms. The van der Waals surface area contributed by atoms with Gasteiger partial charge in [-0.15, -0.1) is 0 Å². The lowest BCUT2D eigenvalue weighted by Crippen LogP contribution is -2.33. The Kier molecular flexibility index (Phi) is 3.97. The van der Waals surface area contributed by atoms with Crippen molar-refractivity contribution in [3.8, 4) is 6.07 Å². The molecule has 1 aromatic rings. The highest BCUT2D eigenvalue weighted by Crippen LogP contribution is 2.31. The van der Waals surface area contributed by atoms with Crippen LogP contribution in [0.2, 0.25) is 0 Å². The number of ether oxygens (including phenoxy) is 1. The molecule has 1 fully saturated rings. The molecular formula is C13H20N4O. The maximum atomic E-state index is 9.43. The summed E-state index contributed by atoms with van der Waals surface area (Å²) in [6, 6.07) is 2.43. The minimum atomic E-state index is -0.417. The van der Waals surface area contributed by atoms with Gasteiger partial charge in [0, 0.05) is 19.6 Å². The van der Waals surface area contributed by atoms with E-state index in [-0.39, 0.29) is 0 Å². The molecule has 1 aliphatic heterocycles. The number of rotatable bonds is 4. The number of hydrogen-bond donors (Lipinski definition) is 0. The number of nitrogens with zero attached hydrogens (tertiary/aromatic N) is 4.